The minimum absolute atomic E-state index is 0.0222. The third kappa shape index (κ3) is 8.06. The number of likely N-dealkylation sites (tertiary alicyclic amines) is 3. The lowest BCUT2D eigenvalue weighted by atomic mass is 10.0. The third-order valence-electron chi connectivity index (χ3n) is 8.76. The van der Waals surface area contributed by atoms with Crippen LogP contribution in [0.4, 0.5) is 0 Å². The van der Waals surface area contributed by atoms with Crippen molar-refractivity contribution in [1.82, 2.24) is 25.3 Å². The number of nitrogens with one attached hydrogen (secondary N) is 2. The summed E-state index contributed by atoms with van der Waals surface area (Å²) in [5, 5.41) is 24.6. The molecular weight excluding hydrogens is 582 g/mol. The summed E-state index contributed by atoms with van der Waals surface area (Å²) >= 11 is 0. The number of carbonyl (C=O) groups excluding carboxylic acids is 5. The van der Waals surface area contributed by atoms with Crippen LogP contribution >= 0.6 is 0 Å². The fourth-order valence-corrected chi connectivity index (χ4v) is 6.56. The van der Waals surface area contributed by atoms with Gasteiger partial charge in [-0.05, 0) is 50.9 Å². The van der Waals surface area contributed by atoms with Gasteiger partial charge in [0.05, 0.1) is 5.75 Å². The summed E-state index contributed by atoms with van der Waals surface area (Å²) in [6, 6.07) is 1.30. The van der Waals surface area contributed by atoms with Crippen LogP contribution in [0.3, 0.4) is 0 Å². The van der Waals surface area contributed by atoms with Crippen molar-refractivity contribution in [2.24, 2.45) is 5.92 Å². The Bertz CT molecular complexity index is 1280. The lowest BCUT2D eigenvalue weighted by Crippen LogP contribution is -2.58. The van der Waals surface area contributed by atoms with Crippen LogP contribution in [0.1, 0.15) is 71.3 Å². The van der Waals surface area contributed by atoms with Crippen LogP contribution < -0.4 is 10.6 Å². The zero-order chi connectivity index (χ0) is 32.8. The highest BCUT2D eigenvalue weighted by molar-refractivity contribution is 5.96. The van der Waals surface area contributed by atoms with Gasteiger partial charge in [-0.1, -0.05) is 26.0 Å². The number of rotatable bonds is 11. The van der Waals surface area contributed by atoms with Crippen molar-refractivity contribution in [3.05, 3.63) is 36.2 Å². The average Bonchev–Trinajstić information content (AvgIpc) is 3.77. The van der Waals surface area contributed by atoms with Gasteiger partial charge in [-0.15, -0.1) is 0 Å². The van der Waals surface area contributed by atoms with Gasteiger partial charge >= 0.3 is 5.97 Å². The molecule has 5 amide bonds. The molecule has 1 aromatic carbocycles. The Morgan fingerprint density at radius 1 is 0.822 bits per heavy atom. The van der Waals surface area contributed by atoms with Gasteiger partial charge < -0.3 is 35.5 Å². The van der Waals surface area contributed by atoms with E-state index in [1.165, 1.54) is 52.3 Å². The summed E-state index contributed by atoms with van der Waals surface area (Å²) in [4.78, 5) is 82.8. The van der Waals surface area contributed by atoms with E-state index in [0.29, 0.717) is 70.1 Å². The van der Waals surface area contributed by atoms with Crippen molar-refractivity contribution >= 4 is 35.5 Å². The van der Waals surface area contributed by atoms with Crippen molar-refractivity contribution in [3.8, 4) is 5.75 Å². The lowest BCUT2D eigenvalue weighted by molar-refractivity contribution is -0.149. The second kappa shape index (κ2) is 14.7. The molecule has 3 aliphatic rings. The minimum Gasteiger partial charge on any atom is -0.510 e. The molecular formula is C32H44N5O8-. The number of aliphatic carboxylic acids is 1. The molecule has 13 nitrogen and oxygen atoms in total. The van der Waals surface area contributed by atoms with Crippen LogP contribution in [0.2, 0.25) is 0 Å². The summed E-state index contributed by atoms with van der Waals surface area (Å²) in [5.41, 5.74) is 0.491. The molecule has 5 atom stereocenters. The largest absolute Gasteiger partial charge is 0.510 e. The molecule has 3 saturated heterocycles. The van der Waals surface area contributed by atoms with Crippen LogP contribution in [0.5, 0.6) is 5.75 Å². The van der Waals surface area contributed by atoms with Crippen LogP contribution in [-0.2, 0) is 28.8 Å². The van der Waals surface area contributed by atoms with Crippen molar-refractivity contribution in [3.63, 3.8) is 0 Å². The summed E-state index contributed by atoms with van der Waals surface area (Å²) in [7, 11) is 0. The Morgan fingerprint density at radius 3 is 1.93 bits per heavy atom. The maximum Gasteiger partial charge on any atom is 0.318 e. The van der Waals surface area contributed by atoms with E-state index in [1.54, 1.807) is 0 Å². The number of nitrogens with zero attached hydrogens (tertiary/aromatic N) is 3. The lowest BCUT2D eigenvalue weighted by Gasteiger charge is -2.34. The Balaban J connectivity index is 1.44. The number of carbonyl (C=O) groups is 6. The van der Waals surface area contributed by atoms with Gasteiger partial charge in [0.15, 0.2) is 0 Å². The molecule has 0 saturated carbocycles. The maximum atomic E-state index is 13.9. The molecule has 1 aromatic rings. The number of carboxylic acids is 1. The zero-order valence-electron chi connectivity index (χ0n) is 26.1. The van der Waals surface area contributed by atoms with Gasteiger partial charge in [-0.2, -0.15) is 24.1 Å². The summed E-state index contributed by atoms with van der Waals surface area (Å²) < 4.78 is 0. The molecule has 4 N–H and O–H groups in total. The maximum absolute atomic E-state index is 13.9. The molecule has 0 aliphatic carbocycles. The van der Waals surface area contributed by atoms with E-state index in [0.717, 1.165) is 0 Å². The number of hydrogen-bond acceptors (Lipinski definition) is 7. The quantitative estimate of drug-likeness (QED) is 0.263. The van der Waals surface area contributed by atoms with Crippen LogP contribution in [-0.4, -0.2) is 110 Å². The van der Waals surface area contributed by atoms with Gasteiger partial charge in [0.1, 0.15) is 30.2 Å². The second-order valence-electron chi connectivity index (χ2n) is 12.5. The van der Waals surface area contributed by atoms with E-state index in [1.807, 2.05) is 13.8 Å². The number of phenols is 1. The van der Waals surface area contributed by atoms with E-state index < -0.39 is 42.1 Å². The molecule has 0 aromatic heterocycles. The number of aromatic hydroxyl groups is 1. The van der Waals surface area contributed by atoms with Crippen molar-refractivity contribution < 1.29 is 39.0 Å². The van der Waals surface area contributed by atoms with Crippen LogP contribution in [0.15, 0.2) is 24.3 Å². The van der Waals surface area contributed by atoms with E-state index in [4.69, 9.17) is 0 Å². The van der Waals surface area contributed by atoms with Crippen molar-refractivity contribution in [1.29, 1.82) is 0 Å². The first-order valence-corrected chi connectivity index (χ1v) is 15.7. The molecule has 0 spiro atoms. The van der Waals surface area contributed by atoms with E-state index >= 15 is 0 Å². The van der Waals surface area contributed by atoms with Gasteiger partial charge in [0.2, 0.25) is 29.5 Å². The van der Waals surface area contributed by atoms with Gasteiger partial charge in [-0.3, -0.25) is 28.8 Å². The predicted molar refractivity (Wildman–Crippen MR) is 162 cm³/mol. The molecule has 45 heavy (non-hydrogen) atoms. The van der Waals surface area contributed by atoms with Gasteiger partial charge in [0, 0.05) is 26.6 Å². The predicted octanol–water partition coefficient (Wildman–Crippen LogP) is 1.04. The topological polar surface area (TPSA) is 177 Å². The van der Waals surface area contributed by atoms with Crippen molar-refractivity contribution in [2.45, 2.75) is 95.9 Å². The Hall–Kier alpha value is -4.29. The van der Waals surface area contributed by atoms with Gasteiger partial charge in [-0.25, -0.2) is 0 Å². The molecule has 4 rings (SSSR count). The average molecular weight is 627 g/mol. The van der Waals surface area contributed by atoms with E-state index in [-0.39, 0.29) is 35.3 Å². The monoisotopic (exact) mass is 626 g/mol. The van der Waals surface area contributed by atoms with Crippen LogP contribution in [0, 0.1) is 12.3 Å². The SMILES string of the molecule is CC(=O)N1CCC[C@H]1C(=O)N[C@@H](CC(C)C)C(=O)N1CCC[C@H]1C(=O)N1CCC[C@H]1C(=O)N[C@@H]([CH-]c1ccc(O)cc1)C(=O)O. The smallest absolute Gasteiger partial charge is 0.318 e. The fourth-order valence-electron chi connectivity index (χ4n) is 6.56. The number of phenolic OH excluding ortho intramolecular Hbond substituents is 1. The number of benzene rings is 1. The first-order valence-electron chi connectivity index (χ1n) is 15.7. The molecule has 246 valence electrons. The van der Waals surface area contributed by atoms with Crippen LogP contribution in [0.25, 0.3) is 0 Å². The molecule has 0 radical (unpaired) electrons. The summed E-state index contributed by atoms with van der Waals surface area (Å²) in [6.07, 6.45) is 4.82. The molecule has 3 fully saturated rings. The first kappa shape index (κ1) is 33.6. The second-order valence-corrected chi connectivity index (χ2v) is 12.5. The molecule has 0 bridgehead atoms. The first-order chi connectivity index (χ1) is 21.4. The number of hydrogen-bond donors (Lipinski definition) is 4. The number of amides is 5. The Morgan fingerprint density at radius 2 is 1.36 bits per heavy atom. The Labute approximate surface area is 263 Å². The summed E-state index contributed by atoms with van der Waals surface area (Å²) in [6.45, 7) is 6.41. The molecule has 13 heteroatoms. The zero-order valence-corrected chi connectivity index (χ0v) is 26.1. The minimum atomic E-state index is -1.36. The molecule has 3 aliphatic heterocycles. The van der Waals surface area contributed by atoms with Gasteiger partial charge in [0.25, 0.3) is 0 Å². The standard InChI is InChI=1S/C32H44N5O8/c1-19(2)17-23(33-28(40)25-7-4-14-35(25)20(3)38)30(42)37-16-6-9-27(37)31(43)36-15-5-8-26(36)29(41)34-24(32(44)45)18-21-10-12-22(39)13-11-21/h10-13,18-19,23-27,39H,4-9,14-17H2,1-3H3,(H,33,40)(H,34,41)(H,44,45)/q-1/t23-,24-,25-,26-,27-/m0/s1. The normalized spacial score (nSPS) is 22.7. The third-order valence-corrected chi connectivity index (χ3v) is 8.76. The Kier molecular flexibility index (Phi) is 10.9. The summed E-state index contributed by atoms with van der Waals surface area (Å²) in [5.74, 6) is -3.10. The number of carboxylic acid groups (broad SMARTS) is 1. The molecule has 3 heterocycles. The fraction of sp³-hybridized carbons (Fsp3) is 0.594. The highest BCUT2D eigenvalue weighted by Crippen LogP contribution is 2.27. The highest BCUT2D eigenvalue weighted by Gasteiger charge is 2.44. The van der Waals surface area contributed by atoms with E-state index in [9.17, 15) is 39.0 Å². The van der Waals surface area contributed by atoms with Crippen molar-refractivity contribution in [2.75, 3.05) is 19.6 Å². The molecule has 0 unspecified atom stereocenters. The van der Waals surface area contributed by atoms with E-state index in [2.05, 4.69) is 10.6 Å². The highest BCUT2D eigenvalue weighted by atomic mass is 16.4.